The van der Waals surface area contributed by atoms with E-state index in [1.54, 1.807) is 6.20 Å². The maximum atomic E-state index is 5.71. The number of aromatic amines is 1. The molecule has 1 aliphatic heterocycles. The Balaban J connectivity index is 1.74. The number of nitrogens with one attached hydrogen (secondary N) is 1. The molecule has 0 aliphatic carbocycles. The van der Waals surface area contributed by atoms with Crippen molar-refractivity contribution in [2.45, 2.75) is 38.6 Å². The van der Waals surface area contributed by atoms with Crippen molar-refractivity contribution in [3.8, 4) is 0 Å². The van der Waals surface area contributed by atoms with Gasteiger partial charge in [0.25, 0.3) is 0 Å². The summed E-state index contributed by atoms with van der Waals surface area (Å²) in [6, 6.07) is 0.431. The summed E-state index contributed by atoms with van der Waals surface area (Å²) in [5.74, 6) is 2.50. The normalized spacial score (nSPS) is 25.5. The first-order valence-electron chi connectivity index (χ1n) is 5.56. The van der Waals surface area contributed by atoms with E-state index in [2.05, 4.69) is 21.9 Å². The Kier molecular flexibility index (Phi) is 3.04. The van der Waals surface area contributed by atoms with Gasteiger partial charge in [-0.05, 0) is 18.8 Å². The predicted octanol–water partition coefficient (Wildman–Crippen LogP) is 1.50. The molecule has 0 bridgehead atoms. The molecule has 0 amide bonds. The summed E-state index contributed by atoms with van der Waals surface area (Å²) in [5, 5.41) is 0. The highest BCUT2D eigenvalue weighted by atomic mass is 14.9. The van der Waals surface area contributed by atoms with E-state index in [1.165, 1.54) is 0 Å². The lowest BCUT2D eigenvalue weighted by atomic mass is 9.97. The number of aryl methyl sites for hydroxylation is 1. The second kappa shape index (κ2) is 4.47. The molecule has 2 rings (SSSR count). The molecular weight excluding hydrogens is 188 g/mol. The maximum Gasteiger partial charge on any atom is 0.105 e. The Hall–Kier alpha value is -1.32. The van der Waals surface area contributed by atoms with E-state index in [9.17, 15) is 0 Å². The number of amidine groups is 1. The van der Waals surface area contributed by atoms with Crippen LogP contribution in [0.1, 0.15) is 32.0 Å². The van der Waals surface area contributed by atoms with E-state index in [0.717, 1.165) is 37.3 Å². The average Bonchev–Trinajstić information content (AvgIpc) is 2.77. The lowest BCUT2D eigenvalue weighted by molar-refractivity contribution is 0.461. The van der Waals surface area contributed by atoms with Gasteiger partial charge in [-0.3, -0.25) is 4.99 Å². The zero-order chi connectivity index (χ0) is 10.7. The van der Waals surface area contributed by atoms with Crippen molar-refractivity contribution < 1.29 is 0 Å². The van der Waals surface area contributed by atoms with Crippen LogP contribution in [0.2, 0.25) is 0 Å². The zero-order valence-corrected chi connectivity index (χ0v) is 9.11. The molecule has 0 saturated carbocycles. The van der Waals surface area contributed by atoms with Crippen LogP contribution in [0.4, 0.5) is 0 Å². The predicted molar refractivity (Wildman–Crippen MR) is 60.7 cm³/mol. The highest BCUT2D eigenvalue weighted by molar-refractivity contribution is 5.82. The minimum Gasteiger partial charge on any atom is -0.387 e. The summed E-state index contributed by atoms with van der Waals surface area (Å²) < 4.78 is 0. The van der Waals surface area contributed by atoms with E-state index in [0.29, 0.717) is 12.0 Å². The quantitative estimate of drug-likeness (QED) is 0.784. The van der Waals surface area contributed by atoms with E-state index < -0.39 is 0 Å². The summed E-state index contributed by atoms with van der Waals surface area (Å²) in [5.41, 5.74) is 5.71. The second-order valence-electron chi connectivity index (χ2n) is 4.30. The third-order valence-corrected chi connectivity index (χ3v) is 2.99. The first-order chi connectivity index (χ1) is 7.25. The number of rotatable bonds is 4. The minimum atomic E-state index is 0.431. The number of aliphatic imine (C=N–C) groups is 1. The van der Waals surface area contributed by atoms with E-state index in [-0.39, 0.29) is 0 Å². The molecule has 4 heteroatoms. The van der Waals surface area contributed by atoms with Gasteiger partial charge in [-0.25, -0.2) is 4.98 Å². The van der Waals surface area contributed by atoms with Crippen LogP contribution in [0.3, 0.4) is 0 Å². The fraction of sp³-hybridized carbons (Fsp3) is 0.636. The number of nitrogens with two attached hydrogens (primary N) is 1. The van der Waals surface area contributed by atoms with Gasteiger partial charge in [0.05, 0.1) is 11.9 Å². The van der Waals surface area contributed by atoms with Crippen LogP contribution in [-0.4, -0.2) is 21.8 Å². The minimum absolute atomic E-state index is 0.431. The molecule has 0 fully saturated rings. The Morgan fingerprint density at radius 3 is 3.07 bits per heavy atom. The van der Waals surface area contributed by atoms with Gasteiger partial charge in [0.2, 0.25) is 0 Å². The van der Waals surface area contributed by atoms with Gasteiger partial charge in [0.1, 0.15) is 5.82 Å². The van der Waals surface area contributed by atoms with Crippen molar-refractivity contribution in [2.24, 2.45) is 16.6 Å². The largest absolute Gasteiger partial charge is 0.387 e. The number of nitrogens with zero attached hydrogens (tertiary/aromatic N) is 2. The number of H-pyrrole nitrogens is 1. The van der Waals surface area contributed by atoms with Gasteiger partial charge in [0.15, 0.2) is 0 Å². The highest BCUT2D eigenvalue weighted by Gasteiger charge is 2.23. The molecule has 2 heterocycles. The molecule has 1 aromatic rings. The monoisotopic (exact) mass is 206 g/mol. The molecule has 2 atom stereocenters. The maximum absolute atomic E-state index is 5.71. The number of aromatic nitrogens is 2. The van der Waals surface area contributed by atoms with Gasteiger partial charge >= 0.3 is 0 Å². The molecule has 82 valence electrons. The Bertz CT molecular complexity index is 328. The van der Waals surface area contributed by atoms with Gasteiger partial charge in [-0.15, -0.1) is 0 Å². The van der Waals surface area contributed by atoms with E-state index in [1.807, 2.05) is 6.20 Å². The van der Waals surface area contributed by atoms with Crippen LogP contribution in [0.5, 0.6) is 0 Å². The van der Waals surface area contributed by atoms with Gasteiger partial charge < -0.3 is 10.7 Å². The van der Waals surface area contributed by atoms with Crippen LogP contribution in [-0.2, 0) is 6.42 Å². The third-order valence-electron chi connectivity index (χ3n) is 2.99. The summed E-state index contributed by atoms with van der Waals surface area (Å²) in [6.07, 6.45) is 7.87. The van der Waals surface area contributed by atoms with Crippen molar-refractivity contribution in [3.63, 3.8) is 0 Å². The van der Waals surface area contributed by atoms with Crippen molar-refractivity contribution >= 4 is 5.84 Å². The summed E-state index contributed by atoms with van der Waals surface area (Å²) >= 11 is 0. The fourth-order valence-corrected chi connectivity index (χ4v) is 2.12. The van der Waals surface area contributed by atoms with Crippen molar-refractivity contribution in [1.82, 2.24) is 9.97 Å². The second-order valence-corrected chi connectivity index (χ2v) is 4.30. The third kappa shape index (κ3) is 2.58. The van der Waals surface area contributed by atoms with E-state index in [4.69, 9.17) is 5.73 Å². The van der Waals surface area contributed by atoms with Gasteiger partial charge in [-0.1, -0.05) is 6.92 Å². The summed E-state index contributed by atoms with van der Waals surface area (Å²) in [4.78, 5) is 11.8. The Morgan fingerprint density at radius 2 is 2.47 bits per heavy atom. The van der Waals surface area contributed by atoms with Gasteiger partial charge in [-0.2, -0.15) is 0 Å². The van der Waals surface area contributed by atoms with Crippen LogP contribution in [0, 0.1) is 5.92 Å². The molecule has 3 N–H and O–H groups in total. The first kappa shape index (κ1) is 10.2. The molecule has 0 aromatic carbocycles. The number of hydrogen-bond donors (Lipinski definition) is 2. The Labute approximate surface area is 90.0 Å². The molecule has 0 spiro atoms. The van der Waals surface area contributed by atoms with Crippen LogP contribution < -0.4 is 5.73 Å². The molecule has 1 aromatic heterocycles. The topological polar surface area (TPSA) is 67.1 Å². The molecule has 0 unspecified atom stereocenters. The summed E-state index contributed by atoms with van der Waals surface area (Å²) in [6.45, 7) is 2.22. The average molecular weight is 206 g/mol. The van der Waals surface area contributed by atoms with E-state index >= 15 is 0 Å². The van der Waals surface area contributed by atoms with Crippen molar-refractivity contribution in [2.75, 3.05) is 0 Å². The Morgan fingerprint density at radius 1 is 1.60 bits per heavy atom. The number of imidazole rings is 1. The number of hydrogen-bond acceptors (Lipinski definition) is 3. The van der Waals surface area contributed by atoms with Crippen LogP contribution in [0.25, 0.3) is 0 Å². The first-order valence-corrected chi connectivity index (χ1v) is 5.56. The molecule has 0 radical (unpaired) electrons. The molecule has 1 aliphatic rings. The lowest BCUT2D eigenvalue weighted by Crippen LogP contribution is -2.11. The summed E-state index contributed by atoms with van der Waals surface area (Å²) in [7, 11) is 0. The highest BCUT2D eigenvalue weighted by Crippen LogP contribution is 2.23. The fourth-order valence-electron chi connectivity index (χ4n) is 2.12. The SMILES string of the molecule is C[C@@H]1CC(N)=N[C@@H]1CCCc1ncc[nH]1. The van der Waals surface area contributed by atoms with Gasteiger partial charge in [0, 0.05) is 25.2 Å². The van der Waals surface area contributed by atoms with Crippen LogP contribution in [0.15, 0.2) is 17.4 Å². The standard InChI is InChI=1S/C11H18N4/c1-8-7-10(12)15-9(8)3-2-4-11-13-5-6-14-11/h5-6,8-9H,2-4,7H2,1H3,(H2,12,15)(H,13,14)/t8-,9-/m1/s1. The van der Waals surface area contributed by atoms with Crippen molar-refractivity contribution in [1.29, 1.82) is 0 Å². The van der Waals surface area contributed by atoms with Crippen LogP contribution >= 0.6 is 0 Å². The molecule has 4 nitrogen and oxygen atoms in total. The smallest absolute Gasteiger partial charge is 0.105 e. The molecular formula is C11H18N4. The zero-order valence-electron chi connectivity index (χ0n) is 9.11. The molecule has 15 heavy (non-hydrogen) atoms. The van der Waals surface area contributed by atoms with Crippen molar-refractivity contribution in [3.05, 3.63) is 18.2 Å². The molecule has 0 saturated heterocycles. The lowest BCUT2D eigenvalue weighted by Gasteiger charge is -2.11.